The van der Waals surface area contributed by atoms with Gasteiger partial charge in [0.15, 0.2) is 11.6 Å². The summed E-state index contributed by atoms with van der Waals surface area (Å²) in [5, 5.41) is 4.75. The van der Waals surface area contributed by atoms with Crippen molar-refractivity contribution in [2.24, 2.45) is 0 Å². The number of piperidine rings is 1. The number of pyridine rings is 1. The van der Waals surface area contributed by atoms with Gasteiger partial charge in [-0.15, -0.1) is 0 Å². The van der Waals surface area contributed by atoms with E-state index in [0.717, 1.165) is 43.3 Å². The van der Waals surface area contributed by atoms with Crippen LogP contribution in [-0.4, -0.2) is 45.6 Å². The molecular weight excluding hydrogens is 468 g/mol. The van der Waals surface area contributed by atoms with Gasteiger partial charge in [0.05, 0.1) is 23.8 Å². The molecule has 0 radical (unpaired) electrons. The van der Waals surface area contributed by atoms with E-state index < -0.39 is 11.9 Å². The number of rotatable bonds is 7. The molecule has 0 unspecified atom stereocenters. The standard InChI is InChI=1S/C23H24Cl2FN5O2/c1-14(21-18(24)2-3-19(26)22(21)25)33-20-10-15(11-28-23(20)27)16-12-29-31(13-16)17-4-6-30(7-5-17)8-9-32/h2-3,9-14,17H,4-8H2,1H3,(H2,27,28)/t14-/m1/s1. The fourth-order valence-corrected chi connectivity index (χ4v) is 4.71. The van der Waals surface area contributed by atoms with E-state index in [1.807, 2.05) is 10.9 Å². The fraction of sp³-hybridized carbons (Fsp3) is 0.348. The van der Waals surface area contributed by atoms with E-state index >= 15 is 0 Å². The van der Waals surface area contributed by atoms with Crippen molar-refractivity contribution in [1.29, 1.82) is 0 Å². The normalized spacial score (nSPS) is 16.0. The molecule has 2 aromatic heterocycles. The van der Waals surface area contributed by atoms with E-state index in [9.17, 15) is 9.18 Å². The third-order valence-electron chi connectivity index (χ3n) is 5.87. The maximum atomic E-state index is 13.9. The number of aldehydes is 1. The van der Waals surface area contributed by atoms with Gasteiger partial charge in [0, 0.05) is 47.2 Å². The Bertz CT molecular complexity index is 1150. The van der Waals surface area contributed by atoms with Gasteiger partial charge in [-0.2, -0.15) is 5.10 Å². The average Bonchev–Trinajstić information content (AvgIpc) is 3.29. The van der Waals surface area contributed by atoms with Crippen LogP contribution in [0.4, 0.5) is 10.2 Å². The predicted octanol–water partition coefficient (Wildman–Crippen LogP) is 4.95. The van der Waals surface area contributed by atoms with E-state index in [1.165, 1.54) is 12.1 Å². The topological polar surface area (TPSA) is 86.3 Å². The molecule has 0 spiro atoms. The van der Waals surface area contributed by atoms with Crippen LogP contribution in [0, 0.1) is 5.82 Å². The monoisotopic (exact) mass is 491 g/mol. The molecule has 1 saturated heterocycles. The molecule has 0 amide bonds. The Morgan fingerprint density at radius 3 is 2.76 bits per heavy atom. The van der Waals surface area contributed by atoms with Crippen LogP contribution >= 0.6 is 23.2 Å². The lowest BCUT2D eigenvalue weighted by Gasteiger charge is -2.30. The molecule has 0 aliphatic carbocycles. The number of hydrogen-bond acceptors (Lipinski definition) is 6. The zero-order chi connectivity index (χ0) is 23.5. The molecule has 1 aliphatic rings. The Morgan fingerprint density at radius 1 is 1.27 bits per heavy atom. The first-order valence-electron chi connectivity index (χ1n) is 10.6. The van der Waals surface area contributed by atoms with Crippen LogP contribution in [0.3, 0.4) is 0 Å². The van der Waals surface area contributed by atoms with Crippen LogP contribution in [0.15, 0.2) is 36.8 Å². The highest BCUT2D eigenvalue weighted by Gasteiger charge is 2.22. The lowest BCUT2D eigenvalue weighted by atomic mass is 10.1. The van der Waals surface area contributed by atoms with Crippen LogP contribution in [0.25, 0.3) is 11.1 Å². The third kappa shape index (κ3) is 5.13. The lowest BCUT2D eigenvalue weighted by molar-refractivity contribution is -0.109. The summed E-state index contributed by atoms with van der Waals surface area (Å²) in [7, 11) is 0. The maximum Gasteiger partial charge on any atom is 0.166 e. The summed E-state index contributed by atoms with van der Waals surface area (Å²) < 4.78 is 21.9. The predicted molar refractivity (Wildman–Crippen MR) is 126 cm³/mol. The van der Waals surface area contributed by atoms with Crippen molar-refractivity contribution < 1.29 is 13.9 Å². The molecule has 3 heterocycles. The van der Waals surface area contributed by atoms with E-state index in [0.29, 0.717) is 22.9 Å². The van der Waals surface area contributed by atoms with Crippen LogP contribution in [0.5, 0.6) is 5.75 Å². The first-order valence-corrected chi connectivity index (χ1v) is 11.4. The fourth-order valence-electron chi connectivity index (χ4n) is 4.03. The number of likely N-dealkylation sites (tertiary alicyclic amines) is 1. The van der Waals surface area contributed by atoms with Gasteiger partial charge in [-0.05, 0) is 38.0 Å². The molecule has 1 aliphatic heterocycles. The Balaban J connectivity index is 1.52. The second-order valence-corrected chi connectivity index (χ2v) is 8.82. The van der Waals surface area contributed by atoms with Crippen molar-refractivity contribution in [2.45, 2.75) is 31.9 Å². The first kappa shape index (κ1) is 23.5. The molecule has 0 bridgehead atoms. The number of aromatic nitrogens is 3. The van der Waals surface area contributed by atoms with Crippen LogP contribution in [0.2, 0.25) is 10.0 Å². The van der Waals surface area contributed by atoms with Crippen molar-refractivity contribution in [3.05, 3.63) is 58.2 Å². The minimum absolute atomic E-state index is 0.0850. The lowest BCUT2D eigenvalue weighted by Crippen LogP contribution is -2.35. The van der Waals surface area contributed by atoms with E-state index in [1.54, 1.807) is 25.4 Å². The van der Waals surface area contributed by atoms with Gasteiger partial charge in [0.2, 0.25) is 0 Å². The summed E-state index contributed by atoms with van der Waals surface area (Å²) in [6.07, 6.45) is 7.55. The average molecular weight is 492 g/mol. The van der Waals surface area contributed by atoms with E-state index in [2.05, 4.69) is 15.0 Å². The smallest absolute Gasteiger partial charge is 0.166 e. The number of nitrogens with zero attached hydrogens (tertiary/aromatic N) is 4. The van der Waals surface area contributed by atoms with Crippen molar-refractivity contribution in [3.8, 4) is 16.9 Å². The van der Waals surface area contributed by atoms with Crippen molar-refractivity contribution in [2.75, 3.05) is 25.4 Å². The number of nitrogens with two attached hydrogens (primary N) is 1. The van der Waals surface area contributed by atoms with Gasteiger partial charge in [-0.3, -0.25) is 9.58 Å². The highest BCUT2D eigenvalue weighted by molar-refractivity contribution is 6.36. The summed E-state index contributed by atoms with van der Waals surface area (Å²) in [6, 6.07) is 4.69. The van der Waals surface area contributed by atoms with E-state index in [4.69, 9.17) is 33.7 Å². The number of nitrogen functional groups attached to an aromatic ring is 1. The number of carbonyl (C=O) groups is 1. The molecule has 174 valence electrons. The molecule has 7 nitrogen and oxygen atoms in total. The highest BCUT2D eigenvalue weighted by Crippen LogP contribution is 2.37. The quantitative estimate of drug-likeness (QED) is 0.371. The molecule has 0 saturated carbocycles. The highest BCUT2D eigenvalue weighted by atomic mass is 35.5. The Morgan fingerprint density at radius 2 is 2.03 bits per heavy atom. The molecule has 10 heteroatoms. The number of anilines is 1. The maximum absolute atomic E-state index is 13.9. The zero-order valence-corrected chi connectivity index (χ0v) is 19.6. The van der Waals surface area contributed by atoms with E-state index in [-0.39, 0.29) is 16.9 Å². The Kier molecular flexibility index (Phi) is 7.17. The largest absolute Gasteiger partial charge is 0.482 e. The molecule has 4 rings (SSSR count). The summed E-state index contributed by atoms with van der Waals surface area (Å²) in [6.45, 7) is 3.92. The zero-order valence-electron chi connectivity index (χ0n) is 18.0. The van der Waals surface area contributed by atoms with Gasteiger partial charge in [-0.25, -0.2) is 9.37 Å². The number of ether oxygens (including phenoxy) is 1. The molecule has 33 heavy (non-hydrogen) atoms. The molecule has 2 N–H and O–H groups in total. The number of halogens is 3. The Hall–Kier alpha value is -2.68. The van der Waals surface area contributed by atoms with Crippen molar-refractivity contribution in [3.63, 3.8) is 0 Å². The van der Waals surface area contributed by atoms with Gasteiger partial charge >= 0.3 is 0 Å². The second-order valence-electron chi connectivity index (χ2n) is 8.03. The van der Waals surface area contributed by atoms with Crippen molar-refractivity contribution in [1.82, 2.24) is 19.7 Å². The molecular formula is C23H24Cl2FN5O2. The number of benzene rings is 1. The summed E-state index contributed by atoms with van der Waals surface area (Å²) in [4.78, 5) is 17.1. The van der Waals surface area contributed by atoms with Crippen LogP contribution in [-0.2, 0) is 4.79 Å². The first-order chi connectivity index (χ1) is 15.9. The number of hydrogen-bond donors (Lipinski definition) is 1. The van der Waals surface area contributed by atoms with Gasteiger partial charge in [-0.1, -0.05) is 23.2 Å². The summed E-state index contributed by atoms with van der Waals surface area (Å²) in [5.41, 5.74) is 8.03. The summed E-state index contributed by atoms with van der Waals surface area (Å²) >= 11 is 12.3. The molecule has 1 fully saturated rings. The minimum Gasteiger partial charge on any atom is -0.482 e. The molecule has 1 aromatic carbocycles. The molecule has 1 atom stereocenters. The SMILES string of the molecule is C[C@@H](Oc1cc(-c2cnn(C3CCN(CC=O)CC3)c2)cnc1N)c1c(Cl)ccc(F)c1Cl. The van der Waals surface area contributed by atoms with Gasteiger partial charge < -0.3 is 15.3 Å². The number of carbonyl (C=O) groups excluding carboxylic acids is 1. The minimum atomic E-state index is -0.653. The summed E-state index contributed by atoms with van der Waals surface area (Å²) in [5.74, 6) is -0.0359. The molecule has 3 aromatic rings. The van der Waals surface area contributed by atoms with Crippen molar-refractivity contribution >= 4 is 35.3 Å². The van der Waals surface area contributed by atoms with Gasteiger partial charge in [0.25, 0.3) is 0 Å². The third-order valence-corrected chi connectivity index (χ3v) is 6.58. The van der Waals surface area contributed by atoms with Crippen LogP contribution < -0.4 is 10.5 Å². The van der Waals surface area contributed by atoms with Gasteiger partial charge in [0.1, 0.15) is 18.2 Å². The van der Waals surface area contributed by atoms with Crippen LogP contribution in [0.1, 0.15) is 37.5 Å². The Labute approximate surface area is 201 Å². The second kappa shape index (κ2) is 10.1.